The van der Waals surface area contributed by atoms with Gasteiger partial charge in [0.2, 0.25) is 0 Å². The van der Waals surface area contributed by atoms with Crippen molar-refractivity contribution in [2.45, 2.75) is 25.2 Å². The smallest absolute Gasteiger partial charge is 0.186 e. The second kappa shape index (κ2) is 6.47. The molecule has 0 bridgehead atoms. The first kappa shape index (κ1) is 15.1. The zero-order chi connectivity index (χ0) is 14.6. The van der Waals surface area contributed by atoms with Crippen LogP contribution < -0.4 is 5.32 Å². The summed E-state index contributed by atoms with van der Waals surface area (Å²) in [6.07, 6.45) is 0. The molecule has 106 valence electrons. The molecule has 0 heterocycles. The van der Waals surface area contributed by atoms with Gasteiger partial charge in [0.15, 0.2) is 8.38 Å². The van der Waals surface area contributed by atoms with Crippen LogP contribution in [0.15, 0.2) is 60.7 Å². The predicted octanol–water partition coefficient (Wildman–Crippen LogP) is 3.40. The van der Waals surface area contributed by atoms with Gasteiger partial charge in [-0.1, -0.05) is 60.7 Å². The van der Waals surface area contributed by atoms with Gasteiger partial charge in [-0.15, -0.1) is 0 Å². The minimum atomic E-state index is -2.07. The Bertz CT molecular complexity index is 489. The lowest BCUT2D eigenvalue weighted by atomic mass is 9.98. The summed E-state index contributed by atoms with van der Waals surface area (Å²) in [4.78, 5) is 19.2. The second-order valence-corrected chi connectivity index (χ2v) is 6.94. The molecule has 0 aliphatic carbocycles. The Balaban J connectivity index is 2.36. The third-order valence-electron chi connectivity index (χ3n) is 3.26. The number of hydrogen-bond donors (Lipinski definition) is 3. The molecule has 2 aromatic rings. The molecule has 3 N–H and O–H groups in total. The number of hydrogen-bond acceptors (Lipinski definition) is 3. The Kier molecular flexibility index (Phi) is 4.90. The minimum absolute atomic E-state index is 0.0725. The standard InChI is InChI=1S/C16H20NO2P/c1-16(2,20(18)19)17-15(13-9-5-3-6-10-13)14-11-7-4-8-12-14/h3-12,15,17-19H,1-2H3. The molecular formula is C16H20NO2P. The molecule has 2 aromatic carbocycles. The van der Waals surface area contributed by atoms with Crippen molar-refractivity contribution < 1.29 is 9.79 Å². The summed E-state index contributed by atoms with van der Waals surface area (Å²) in [7, 11) is -2.07. The lowest BCUT2D eigenvalue weighted by Gasteiger charge is -2.33. The van der Waals surface area contributed by atoms with Gasteiger partial charge in [-0.2, -0.15) is 0 Å². The average Bonchev–Trinajstić information content (AvgIpc) is 2.46. The average molecular weight is 289 g/mol. The Morgan fingerprint density at radius 3 is 1.60 bits per heavy atom. The van der Waals surface area contributed by atoms with E-state index in [1.54, 1.807) is 13.8 Å². The number of rotatable bonds is 5. The zero-order valence-electron chi connectivity index (χ0n) is 11.7. The van der Waals surface area contributed by atoms with E-state index in [0.717, 1.165) is 11.1 Å². The fourth-order valence-electron chi connectivity index (χ4n) is 2.06. The fraction of sp³-hybridized carbons (Fsp3) is 0.250. The SMILES string of the molecule is CC(C)(NC(c1ccccc1)c1ccccc1)P(O)O. The van der Waals surface area contributed by atoms with Crippen LogP contribution >= 0.6 is 8.38 Å². The normalized spacial score (nSPS) is 12.1. The molecule has 0 aliphatic heterocycles. The van der Waals surface area contributed by atoms with E-state index in [4.69, 9.17) is 0 Å². The summed E-state index contributed by atoms with van der Waals surface area (Å²) >= 11 is 0. The van der Waals surface area contributed by atoms with Crippen LogP contribution in [0, 0.1) is 0 Å². The quantitative estimate of drug-likeness (QED) is 0.739. The van der Waals surface area contributed by atoms with Gasteiger partial charge >= 0.3 is 0 Å². The Morgan fingerprint density at radius 2 is 1.25 bits per heavy atom. The van der Waals surface area contributed by atoms with Crippen LogP contribution in [0.2, 0.25) is 0 Å². The molecule has 0 saturated heterocycles. The molecular weight excluding hydrogens is 269 g/mol. The van der Waals surface area contributed by atoms with E-state index in [2.05, 4.69) is 5.32 Å². The van der Waals surface area contributed by atoms with Crippen LogP contribution in [0.25, 0.3) is 0 Å². The minimum Gasteiger partial charge on any atom is -0.349 e. The van der Waals surface area contributed by atoms with Gasteiger partial charge in [0.25, 0.3) is 0 Å². The maximum atomic E-state index is 9.58. The lowest BCUT2D eigenvalue weighted by molar-refractivity contribution is 0.382. The molecule has 0 fully saturated rings. The molecule has 0 saturated carbocycles. The van der Waals surface area contributed by atoms with E-state index in [1.807, 2.05) is 60.7 Å². The van der Waals surface area contributed by atoms with E-state index in [1.165, 1.54) is 0 Å². The summed E-state index contributed by atoms with van der Waals surface area (Å²) in [5, 5.41) is 2.61. The van der Waals surface area contributed by atoms with Crippen molar-refractivity contribution in [3.05, 3.63) is 71.8 Å². The summed E-state index contributed by atoms with van der Waals surface area (Å²) < 4.78 is 0. The van der Waals surface area contributed by atoms with E-state index >= 15 is 0 Å². The van der Waals surface area contributed by atoms with Crippen molar-refractivity contribution in [3.63, 3.8) is 0 Å². The second-order valence-electron chi connectivity index (χ2n) is 5.25. The molecule has 0 aliphatic rings. The summed E-state index contributed by atoms with van der Waals surface area (Å²) in [5.41, 5.74) is 2.20. The highest BCUT2D eigenvalue weighted by molar-refractivity contribution is 7.46. The maximum Gasteiger partial charge on any atom is 0.186 e. The molecule has 4 heteroatoms. The van der Waals surface area contributed by atoms with Crippen molar-refractivity contribution >= 4 is 8.38 Å². The third kappa shape index (κ3) is 3.65. The van der Waals surface area contributed by atoms with Gasteiger partial charge in [-0.3, -0.25) is 5.32 Å². The van der Waals surface area contributed by atoms with Crippen molar-refractivity contribution in [2.75, 3.05) is 0 Å². The predicted molar refractivity (Wildman–Crippen MR) is 83.3 cm³/mol. The van der Waals surface area contributed by atoms with Crippen LogP contribution in [0.4, 0.5) is 0 Å². The Labute approximate surface area is 121 Å². The van der Waals surface area contributed by atoms with Crippen LogP contribution in [0.5, 0.6) is 0 Å². The topological polar surface area (TPSA) is 52.5 Å². The van der Waals surface area contributed by atoms with Crippen molar-refractivity contribution in [3.8, 4) is 0 Å². The van der Waals surface area contributed by atoms with Crippen LogP contribution in [0.3, 0.4) is 0 Å². The fourth-order valence-corrected chi connectivity index (χ4v) is 2.31. The largest absolute Gasteiger partial charge is 0.349 e. The van der Waals surface area contributed by atoms with E-state index in [0.29, 0.717) is 0 Å². The number of nitrogens with one attached hydrogen (secondary N) is 1. The molecule has 0 radical (unpaired) electrons. The first-order chi connectivity index (χ1) is 9.50. The molecule has 0 unspecified atom stereocenters. The molecule has 20 heavy (non-hydrogen) atoms. The summed E-state index contributed by atoms with van der Waals surface area (Å²) in [6, 6.07) is 20.0. The van der Waals surface area contributed by atoms with Crippen LogP contribution in [-0.2, 0) is 0 Å². The monoisotopic (exact) mass is 289 g/mol. The molecule has 0 atom stereocenters. The maximum absolute atomic E-state index is 9.58. The van der Waals surface area contributed by atoms with Crippen molar-refractivity contribution in [1.82, 2.24) is 5.32 Å². The summed E-state index contributed by atoms with van der Waals surface area (Å²) in [5.74, 6) is 0. The first-order valence-electron chi connectivity index (χ1n) is 6.56. The van der Waals surface area contributed by atoms with E-state index < -0.39 is 13.7 Å². The molecule has 0 aromatic heterocycles. The van der Waals surface area contributed by atoms with E-state index in [-0.39, 0.29) is 6.04 Å². The van der Waals surface area contributed by atoms with Gasteiger partial charge < -0.3 is 9.79 Å². The Hall–Kier alpha value is -1.25. The van der Waals surface area contributed by atoms with Crippen molar-refractivity contribution in [2.24, 2.45) is 0 Å². The molecule has 2 rings (SSSR count). The first-order valence-corrected chi connectivity index (χ1v) is 7.81. The summed E-state index contributed by atoms with van der Waals surface area (Å²) in [6.45, 7) is 3.61. The molecule has 0 spiro atoms. The van der Waals surface area contributed by atoms with Gasteiger partial charge in [0, 0.05) is 0 Å². The van der Waals surface area contributed by atoms with Crippen LogP contribution in [0.1, 0.15) is 31.0 Å². The highest BCUT2D eigenvalue weighted by Gasteiger charge is 2.31. The Morgan fingerprint density at radius 1 is 0.850 bits per heavy atom. The highest BCUT2D eigenvalue weighted by atomic mass is 31.2. The van der Waals surface area contributed by atoms with Crippen molar-refractivity contribution in [1.29, 1.82) is 0 Å². The molecule has 3 nitrogen and oxygen atoms in total. The molecule has 0 amide bonds. The third-order valence-corrected chi connectivity index (χ3v) is 4.39. The van der Waals surface area contributed by atoms with Gasteiger partial charge in [0.05, 0.1) is 11.3 Å². The van der Waals surface area contributed by atoms with Gasteiger partial charge in [-0.25, -0.2) is 0 Å². The van der Waals surface area contributed by atoms with Gasteiger partial charge in [0.1, 0.15) is 0 Å². The highest BCUT2D eigenvalue weighted by Crippen LogP contribution is 2.41. The lowest BCUT2D eigenvalue weighted by Crippen LogP contribution is -2.40. The van der Waals surface area contributed by atoms with Gasteiger partial charge in [-0.05, 0) is 25.0 Å². The van der Waals surface area contributed by atoms with E-state index in [9.17, 15) is 9.79 Å². The zero-order valence-corrected chi connectivity index (χ0v) is 12.6. The number of benzene rings is 2. The van der Waals surface area contributed by atoms with Crippen LogP contribution in [-0.4, -0.2) is 15.1 Å².